The third-order valence-electron chi connectivity index (χ3n) is 3.73. The Morgan fingerprint density at radius 2 is 1.73 bits per heavy atom. The van der Waals surface area contributed by atoms with Crippen molar-refractivity contribution in [3.63, 3.8) is 0 Å². The Balaban J connectivity index is 1.55. The molecule has 0 unspecified atom stereocenters. The first kappa shape index (κ1) is 17.9. The lowest BCUT2D eigenvalue weighted by Gasteiger charge is -2.04. The molecule has 3 aromatic rings. The smallest absolute Gasteiger partial charge is 0.257 e. The summed E-state index contributed by atoms with van der Waals surface area (Å²) in [5.74, 6) is 1.23. The fraction of sp³-hybridized carbons (Fsp3) is 0.211. The summed E-state index contributed by atoms with van der Waals surface area (Å²) in [7, 11) is 1.58. The highest BCUT2D eigenvalue weighted by atomic mass is 32.1. The number of benzene rings is 2. The maximum Gasteiger partial charge on any atom is 0.257 e. The van der Waals surface area contributed by atoms with Gasteiger partial charge < -0.3 is 9.47 Å². The number of nitrogens with one attached hydrogen (secondary N) is 1. The van der Waals surface area contributed by atoms with Gasteiger partial charge in [-0.15, -0.1) is 10.2 Å². The molecule has 0 fully saturated rings. The van der Waals surface area contributed by atoms with Gasteiger partial charge in [0.2, 0.25) is 5.13 Å². The lowest BCUT2D eigenvalue weighted by atomic mass is 10.2. The average molecular weight is 369 g/mol. The Labute approximate surface area is 155 Å². The van der Waals surface area contributed by atoms with E-state index in [1.807, 2.05) is 24.3 Å². The molecular weight excluding hydrogens is 350 g/mol. The summed E-state index contributed by atoms with van der Waals surface area (Å²) in [6, 6.07) is 14.8. The highest BCUT2D eigenvalue weighted by molar-refractivity contribution is 7.15. The molecule has 0 radical (unpaired) electrons. The van der Waals surface area contributed by atoms with E-state index in [4.69, 9.17) is 9.47 Å². The van der Waals surface area contributed by atoms with Gasteiger partial charge in [-0.1, -0.05) is 30.4 Å². The maximum atomic E-state index is 12.2. The van der Waals surface area contributed by atoms with E-state index < -0.39 is 0 Å². The van der Waals surface area contributed by atoms with Crippen LogP contribution in [0, 0.1) is 0 Å². The Kier molecular flexibility index (Phi) is 5.80. The Morgan fingerprint density at radius 1 is 1.04 bits per heavy atom. The standard InChI is InChI=1S/C19H19N3O3S/c1-3-13-4-8-16(9-5-13)25-12-17-21-22-19(26-17)20-18(23)14-6-10-15(24-2)11-7-14/h4-11H,3,12H2,1-2H3,(H,20,22,23). The number of ether oxygens (including phenoxy) is 2. The predicted octanol–water partition coefficient (Wildman–Crippen LogP) is 3.94. The summed E-state index contributed by atoms with van der Waals surface area (Å²) < 4.78 is 10.8. The van der Waals surface area contributed by atoms with Gasteiger partial charge in [-0.2, -0.15) is 0 Å². The van der Waals surface area contributed by atoms with Gasteiger partial charge in [0.1, 0.15) is 18.1 Å². The van der Waals surface area contributed by atoms with E-state index in [2.05, 4.69) is 22.4 Å². The normalized spacial score (nSPS) is 10.4. The van der Waals surface area contributed by atoms with Crippen LogP contribution in [0.2, 0.25) is 0 Å². The second kappa shape index (κ2) is 8.44. The van der Waals surface area contributed by atoms with Crippen LogP contribution in [-0.4, -0.2) is 23.2 Å². The largest absolute Gasteiger partial charge is 0.497 e. The van der Waals surface area contributed by atoms with Crippen LogP contribution in [0.1, 0.15) is 27.9 Å². The summed E-state index contributed by atoms with van der Waals surface area (Å²) in [6.07, 6.45) is 0.994. The van der Waals surface area contributed by atoms with E-state index in [0.717, 1.165) is 12.2 Å². The van der Waals surface area contributed by atoms with Gasteiger partial charge in [-0.05, 0) is 48.4 Å². The molecule has 6 nitrogen and oxygen atoms in total. The third-order valence-corrected chi connectivity index (χ3v) is 4.55. The molecule has 1 aromatic heterocycles. The summed E-state index contributed by atoms with van der Waals surface area (Å²) in [5.41, 5.74) is 1.78. The van der Waals surface area contributed by atoms with Crippen molar-refractivity contribution in [3.05, 3.63) is 64.7 Å². The van der Waals surface area contributed by atoms with Gasteiger partial charge in [-0.25, -0.2) is 0 Å². The van der Waals surface area contributed by atoms with Crippen molar-refractivity contribution in [1.82, 2.24) is 10.2 Å². The molecule has 0 aliphatic rings. The van der Waals surface area contributed by atoms with Crippen LogP contribution >= 0.6 is 11.3 Å². The molecule has 0 aliphatic carbocycles. The molecule has 0 atom stereocenters. The molecule has 1 N–H and O–H groups in total. The summed E-state index contributed by atoms with van der Waals surface area (Å²) in [4.78, 5) is 12.2. The fourth-order valence-electron chi connectivity index (χ4n) is 2.24. The lowest BCUT2D eigenvalue weighted by Crippen LogP contribution is -2.11. The molecule has 0 aliphatic heterocycles. The zero-order valence-corrected chi connectivity index (χ0v) is 15.4. The summed E-state index contributed by atoms with van der Waals surface area (Å²) in [6.45, 7) is 2.42. The minimum Gasteiger partial charge on any atom is -0.497 e. The first-order chi connectivity index (χ1) is 12.7. The number of aromatic nitrogens is 2. The number of nitrogens with zero attached hydrogens (tertiary/aromatic N) is 2. The molecule has 0 saturated heterocycles. The molecule has 0 spiro atoms. The van der Waals surface area contributed by atoms with Gasteiger partial charge in [-0.3, -0.25) is 10.1 Å². The SMILES string of the molecule is CCc1ccc(OCc2nnc(NC(=O)c3ccc(OC)cc3)s2)cc1. The predicted molar refractivity (Wildman–Crippen MR) is 101 cm³/mol. The highest BCUT2D eigenvalue weighted by Crippen LogP contribution is 2.20. The van der Waals surface area contributed by atoms with Crippen LogP contribution in [0.5, 0.6) is 11.5 Å². The van der Waals surface area contributed by atoms with E-state index in [-0.39, 0.29) is 5.91 Å². The van der Waals surface area contributed by atoms with Crippen LogP contribution in [0.25, 0.3) is 0 Å². The minimum atomic E-state index is -0.244. The van der Waals surface area contributed by atoms with Crippen molar-refractivity contribution in [2.75, 3.05) is 12.4 Å². The fourth-order valence-corrected chi connectivity index (χ4v) is 2.89. The van der Waals surface area contributed by atoms with E-state index in [1.165, 1.54) is 16.9 Å². The molecule has 1 heterocycles. The number of hydrogen-bond donors (Lipinski definition) is 1. The number of methoxy groups -OCH3 is 1. The van der Waals surface area contributed by atoms with Gasteiger partial charge in [0.05, 0.1) is 7.11 Å². The molecule has 0 bridgehead atoms. The average Bonchev–Trinajstić information content (AvgIpc) is 3.14. The third kappa shape index (κ3) is 4.58. The van der Waals surface area contributed by atoms with Crippen molar-refractivity contribution in [2.45, 2.75) is 20.0 Å². The van der Waals surface area contributed by atoms with Crippen molar-refractivity contribution in [1.29, 1.82) is 0 Å². The molecular formula is C19H19N3O3S. The number of anilines is 1. The molecule has 1 amide bonds. The molecule has 3 rings (SSSR count). The first-order valence-corrected chi connectivity index (χ1v) is 8.99. The number of carbonyl (C=O) groups excluding carboxylic acids is 1. The van der Waals surface area contributed by atoms with Gasteiger partial charge in [0.25, 0.3) is 5.91 Å². The summed E-state index contributed by atoms with van der Waals surface area (Å²) in [5, 5.41) is 11.9. The number of hydrogen-bond acceptors (Lipinski definition) is 6. The van der Waals surface area contributed by atoms with Crippen molar-refractivity contribution in [3.8, 4) is 11.5 Å². The van der Waals surface area contributed by atoms with Crippen LogP contribution in [-0.2, 0) is 13.0 Å². The summed E-state index contributed by atoms with van der Waals surface area (Å²) >= 11 is 1.29. The van der Waals surface area contributed by atoms with E-state index in [0.29, 0.717) is 28.1 Å². The highest BCUT2D eigenvalue weighted by Gasteiger charge is 2.11. The minimum absolute atomic E-state index is 0.244. The van der Waals surface area contributed by atoms with Gasteiger partial charge >= 0.3 is 0 Å². The van der Waals surface area contributed by atoms with E-state index in [1.54, 1.807) is 31.4 Å². The van der Waals surface area contributed by atoms with Gasteiger partial charge in [0, 0.05) is 5.56 Å². The Morgan fingerprint density at radius 3 is 2.38 bits per heavy atom. The zero-order valence-electron chi connectivity index (χ0n) is 14.6. The van der Waals surface area contributed by atoms with Gasteiger partial charge in [0.15, 0.2) is 5.01 Å². The van der Waals surface area contributed by atoms with E-state index >= 15 is 0 Å². The molecule has 134 valence electrons. The molecule has 26 heavy (non-hydrogen) atoms. The van der Waals surface area contributed by atoms with Crippen LogP contribution in [0.3, 0.4) is 0 Å². The number of rotatable bonds is 7. The second-order valence-electron chi connectivity index (χ2n) is 5.47. The van der Waals surface area contributed by atoms with E-state index in [9.17, 15) is 4.79 Å². The maximum absolute atomic E-state index is 12.2. The number of carbonyl (C=O) groups is 1. The van der Waals surface area contributed by atoms with Crippen molar-refractivity contribution < 1.29 is 14.3 Å². The van der Waals surface area contributed by atoms with Crippen molar-refractivity contribution >= 4 is 22.4 Å². The number of amides is 1. The number of aryl methyl sites for hydroxylation is 1. The first-order valence-electron chi connectivity index (χ1n) is 8.17. The van der Waals surface area contributed by atoms with Crippen LogP contribution < -0.4 is 14.8 Å². The van der Waals surface area contributed by atoms with Crippen LogP contribution in [0.4, 0.5) is 5.13 Å². The molecule has 2 aromatic carbocycles. The quantitative estimate of drug-likeness (QED) is 0.683. The van der Waals surface area contributed by atoms with Crippen molar-refractivity contribution in [2.24, 2.45) is 0 Å². The zero-order chi connectivity index (χ0) is 18.4. The van der Waals surface area contributed by atoms with Crippen LogP contribution in [0.15, 0.2) is 48.5 Å². The lowest BCUT2D eigenvalue weighted by molar-refractivity contribution is 0.102. The second-order valence-corrected chi connectivity index (χ2v) is 6.53. The Bertz CT molecular complexity index is 860. The molecule has 7 heteroatoms. The molecule has 0 saturated carbocycles. The topological polar surface area (TPSA) is 73.3 Å². The Hall–Kier alpha value is -2.93. The monoisotopic (exact) mass is 369 g/mol.